The average Bonchev–Trinajstić information content (AvgIpc) is 2.15. The molecule has 0 amide bonds. The second kappa shape index (κ2) is 4.38. The largest absolute Gasteiger partial charge is 0.481 e. The molecule has 3 nitrogen and oxygen atoms in total. The maximum atomic E-state index is 12.0. The van der Waals surface area contributed by atoms with Gasteiger partial charge >= 0.3 is 12.1 Å². The summed E-state index contributed by atoms with van der Waals surface area (Å²) in [5.41, 5.74) is -1.23. The van der Waals surface area contributed by atoms with Crippen molar-refractivity contribution in [2.24, 2.45) is 5.41 Å². The number of piperidine rings is 1. The summed E-state index contributed by atoms with van der Waals surface area (Å²) in [6.45, 7) is 0.819. The highest BCUT2D eigenvalue weighted by molar-refractivity contribution is 5.75. The topological polar surface area (TPSA) is 49.3 Å². The highest BCUT2D eigenvalue weighted by Crippen LogP contribution is 2.35. The van der Waals surface area contributed by atoms with Gasteiger partial charge in [-0.2, -0.15) is 13.2 Å². The molecule has 0 spiro atoms. The summed E-state index contributed by atoms with van der Waals surface area (Å²) in [5, 5.41) is 11.8. The Morgan fingerprint density at radius 2 is 2.13 bits per heavy atom. The zero-order valence-electron chi connectivity index (χ0n) is 8.23. The van der Waals surface area contributed by atoms with Crippen molar-refractivity contribution >= 4 is 5.97 Å². The van der Waals surface area contributed by atoms with Crippen LogP contribution in [0.5, 0.6) is 0 Å². The molecular weight excluding hydrogens is 211 g/mol. The normalized spacial score (nSPS) is 27.7. The van der Waals surface area contributed by atoms with Gasteiger partial charge in [-0.3, -0.25) is 4.79 Å². The average molecular weight is 225 g/mol. The number of hydrogen-bond donors (Lipinski definition) is 2. The Morgan fingerprint density at radius 1 is 1.47 bits per heavy atom. The molecule has 1 fully saturated rings. The lowest BCUT2D eigenvalue weighted by atomic mass is 9.77. The molecule has 1 saturated heterocycles. The van der Waals surface area contributed by atoms with Crippen LogP contribution in [0.15, 0.2) is 0 Å². The van der Waals surface area contributed by atoms with Crippen LogP contribution in [0, 0.1) is 5.41 Å². The molecule has 1 aliphatic rings. The van der Waals surface area contributed by atoms with Crippen molar-refractivity contribution < 1.29 is 23.1 Å². The number of carboxylic acids is 1. The molecule has 1 atom stereocenters. The predicted octanol–water partition coefficient (Wildman–Crippen LogP) is 1.78. The van der Waals surface area contributed by atoms with E-state index in [9.17, 15) is 18.0 Å². The molecule has 88 valence electrons. The number of carbonyl (C=O) groups is 1. The van der Waals surface area contributed by atoms with Crippen LogP contribution in [0.25, 0.3) is 0 Å². The fourth-order valence-corrected chi connectivity index (χ4v) is 1.85. The highest BCUT2D eigenvalue weighted by atomic mass is 19.4. The minimum absolute atomic E-state index is 0.137. The van der Waals surface area contributed by atoms with Crippen molar-refractivity contribution in [2.75, 3.05) is 13.1 Å². The number of hydrogen-bond acceptors (Lipinski definition) is 2. The van der Waals surface area contributed by atoms with E-state index in [0.717, 1.165) is 0 Å². The number of alkyl halides is 3. The molecule has 15 heavy (non-hydrogen) atoms. The van der Waals surface area contributed by atoms with E-state index in [-0.39, 0.29) is 13.0 Å². The molecule has 0 aromatic rings. The Kier molecular flexibility index (Phi) is 3.59. The molecule has 0 bridgehead atoms. The Labute approximate surface area is 85.7 Å². The van der Waals surface area contributed by atoms with Gasteiger partial charge in [-0.15, -0.1) is 0 Å². The molecule has 0 saturated carbocycles. The van der Waals surface area contributed by atoms with E-state index >= 15 is 0 Å². The number of halogens is 3. The van der Waals surface area contributed by atoms with E-state index in [4.69, 9.17) is 5.11 Å². The van der Waals surface area contributed by atoms with Gasteiger partial charge in [0.1, 0.15) is 0 Å². The van der Waals surface area contributed by atoms with Crippen LogP contribution < -0.4 is 5.32 Å². The third-order valence-corrected chi connectivity index (χ3v) is 2.81. The van der Waals surface area contributed by atoms with E-state index in [1.54, 1.807) is 0 Å². The maximum Gasteiger partial charge on any atom is 0.389 e. The first-order chi connectivity index (χ1) is 6.86. The van der Waals surface area contributed by atoms with Crippen LogP contribution in [0.4, 0.5) is 13.2 Å². The summed E-state index contributed by atoms with van der Waals surface area (Å²) in [6, 6.07) is 0. The lowest BCUT2D eigenvalue weighted by Crippen LogP contribution is -2.46. The fourth-order valence-electron chi connectivity index (χ4n) is 1.85. The van der Waals surface area contributed by atoms with Gasteiger partial charge in [0.2, 0.25) is 0 Å². The van der Waals surface area contributed by atoms with Gasteiger partial charge in [0.05, 0.1) is 5.41 Å². The molecular formula is C9H14F3NO2. The van der Waals surface area contributed by atoms with Crippen LogP contribution in [0.2, 0.25) is 0 Å². The molecule has 0 aromatic carbocycles. The molecule has 2 N–H and O–H groups in total. The smallest absolute Gasteiger partial charge is 0.389 e. The summed E-state index contributed by atoms with van der Waals surface area (Å²) < 4.78 is 36.1. The van der Waals surface area contributed by atoms with Crippen LogP contribution in [0.1, 0.15) is 25.7 Å². The Hall–Kier alpha value is -0.780. The molecule has 1 heterocycles. The van der Waals surface area contributed by atoms with Crippen LogP contribution in [-0.4, -0.2) is 30.3 Å². The molecule has 0 aliphatic carbocycles. The van der Waals surface area contributed by atoms with Crippen molar-refractivity contribution in [3.8, 4) is 0 Å². The zero-order valence-corrected chi connectivity index (χ0v) is 8.23. The lowest BCUT2D eigenvalue weighted by molar-refractivity contribution is -0.159. The van der Waals surface area contributed by atoms with Gasteiger partial charge in [0.15, 0.2) is 0 Å². The number of nitrogens with one attached hydrogen (secondary N) is 1. The molecule has 6 heteroatoms. The second-order valence-electron chi connectivity index (χ2n) is 3.98. The number of carboxylic acid groups (broad SMARTS) is 1. The maximum absolute atomic E-state index is 12.0. The molecule has 0 aromatic heterocycles. The first-order valence-corrected chi connectivity index (χ1v) is 4.87. The number of aliphatic carboxylic acids is 1. The van der Waals surface area contributed by atoms with Crippen molar-refractivity contribution in [3.05, 3.63) is 0 Å². The van der Waals surface area contributed by atoms with E-state index in [1.807, 2.05) is 0 Å². The Morgan fingerprint density at radius 3 is 2.53 bits per heavy atom. The van der Waals surface area contributed by atoms with Crippen molar-refractivity contribution in [1.29, 1.82) is 0 Å². The summed E-state index contributed by atoms with van der Waals surface area (Å²) in [5.74, 6) is -1.13. The first kappa shape index (κ1) is 12.3. The molecule has 1 rings (SSSR count). The second-order valence-corrected chi connectivity index (χ2v) is 3.98. The lowest BCUT2D eigenvalue weighted by Gasteiger charge is -2.33. The van der Waals surface area contributed by atoms with Gasteiger partial charge in [-0.05, 0) is 25.8 Å². The summed E-state index contributed by atoms with van der Waals surface area (Å²) in [7, 11) is 0. The fraction of sp³-hybridized carbons (Fsp3) is 0.889. The van der Waals surface area contributed by atoms with Crippen LogP contribution >= 0.6 is 0 Å². The van der Waals surface area contributed by atoms with Gasteiger partial charge < -0.3 is 10.4 Å². The molecule has 1 aliphatic heterocycles. The van der Waals surface area contributed by atoms with Gasteiger partial charge in [0.25, 0.3) is 0 Å². The summed E-state index contributed by atoms with van der Waals surface area (Å²) in [4.78, 5) is 11.0. The van der Waals surface area contributed by atoms with Gasteiger partial charge in [-0.1, -0.05) is 0 Å². The third kappa shape index (κ3) is 3.37. The molecule has 1 unspecified atom stereocenters. The highest BCUT2D eigenvalue weighted by Gasteiger charge is 2.42. The quantitative estimate of drug-likeness (QED) is 0.769. The SMILES string of the molecule is O=C(O)C1(CCC(F)(F)F)CCCNC1. The first-order valence-electron chi connectivity index (χ1n) is 4.87. The number of rotatable bonds is 3. The van der Waals surface area contributed by atoms with E-state index in [0.29, 0.717) is 19.4 Å². The van der Waals surface area contributed by atoms with Crippen LogP contribution in [0.3, 0.4) is 0 Å². The van der Waals surface area contributed by atoms with Gasteiger partial charge in [0, 0.05) is 13.0 Å². The van der Waals surface area contributed by atoms with E-state index in [1.165, 1.54) is 0 Å². The van der Waals surface area contributed by atoms with Crippen molar-refractivity contribution in [1.82, 2.24) is 5.32 Å². The monoisotopic (exact) mass is 225 g/mol. The summed E-state index contributed by atoms with van der Waals surface area (Å²) in [6.07, 6.45) is -4.70. The van der Waals surface area contributed by atoms with E-state index < -0.39 is 24.0 Å². The standard InChI is InChI=1S/C9H14F3NO2/c10-9(11,12)4-3-8(7(14)15)2-1-5-13-6-8/h13H,1-6H2,(H,14,15). The minimum Gasteiger partial charge on any atom is -0.481 e. The predicted molar refractivity (Wildman–Crippen MR) is 47.5 cm³/mol. The van der Waals surface area contributed by atoms with E-state index in [2.05, 4.69) is 5.32 Å². The molecule has 0 radical (unpaired) electrons. The summed E-state index contributed by atoms with van der Waals surface area (Å²) >= 11 is 0. The van der Waals surface area contributed by atoms with Gasteiger partial charge in [-0.25, -0.2) is 0 Å². The third-order valence-electron chi connectivity index (χ3n) is 2.81. The minimum atomic E-state index is -4.28. The van der Waals surface area contributed by atoms with Crippen molar-refractivity contribution in [3.63, 3.8) is 0 Å². The Bertz CT molecular complexity index is 234. The Balaban J connectivity index is 2.61. The zero-order chi connectivity index (χ0) is 11.5. The van der Waals surface area contributed by atoms with Crippen molar-refractivity contribution in [2.45, 2.75) is 31.9 Å². The van der Waals surface area contributed by atoms with Crippen LogP contribution in [-0.2, 0) is 4.79 Å².